The Morgan fingerprint density at radius 1 is 0.902 bits per heavy atom. The second-order valence-electron chi connectivity index (χ2n) is 10.4. The number of nitrogens with one attached hydrogen (secondary N) is 1. The average Bonchev–Trinajstić information content (AvgIpc) is 2.99. The van der Waals surface area contributed by atoms with E-state index in [0.29, 0.717) is 40.8 Å². The lowest BCUT2D eigenvalue weighted by Gasteiger charge is -2.34. The van der Waals surface area contributed by atoms with Crippen LogP contribution in [-0.4, -0.2) is 42.5 Å². The van der Waals surface area contributed by atoms with E-state index >= 15 is 0 Å². The number of hydrogen-bond acceptors (Lipinski definition) is 4. The second kappa shape index (κ2) is 15.7. The van der Waals surface area contributed by atoms with Gasteiger partial charge in [0, 0.05) is 41.0 Å². The number of carbonyl (C=O) groups excluding carboxylic acids is 2. The Kier molecular flexibility index (Phi) is 11.8. The molecule has 3 aromatic rings. The summed E-state index contributed by atoms with van der Waals surface area (Å²) >= 11 is 13.1. The van der Waals surface area contributed by atoms with Crippen LogP contribution < -0.4 is 14.8 Å². The first-order chi connectivity index (χ1) is 19.9. The van der Waals surface area contributed by atoms with Crippen molar-refractivity contribution in [3.63, 3.8) is 0 Å². The molecule has 1 aliphatic carbocycles. The molecule has 41 heavy (non-hydrogen) atoms. The summed E-state index contributed by atoms with van der Waals surface area (Å²) in [5.41, 5.74) is 1.60. The van der Waals surface area contributed by atoms with Crippen molar-refractivity contribution in [1.82, 2.24) is 10.2 Å². The molecule has 6 nitrogen and oxygen atoms in total. The van der Waals surface area contributed by atoms with Crippen molar-refractivity contribution < 1.29 is 19.1 Å². The molecule has 0 aromatic heterocycles. The molecule has 2 amide bonds. The van der Waals surface area contributed by atoms with E-state index in [2.05, 4.69) is 5.32 Å². The number of halogens is 2. The van der Waals surface area contributed by atoms with Gasteiger partial charge in [-0.1, -0.05) is 78.9 Å². The topological polar surface area (TPSA) is 67.9 Å². The summed E-state index contributed by atoms with van der Waals surface area (Å²) in [5, 5.41) is 4.18. The van der Waals surface area contributed by atoms with E-state index in [1.54, 1.807) is 30.2 Å². The van der Waals surface area contributed by atoms with Crippen LogP contribution >= 0.6 is 23.2 Å². The van der Waals surface area contributed by atoms with Gasteiger partial charge in [-0.25, -0.2) is 0 Å². The minimum absolute atomic E-state index is 0.119. The zero-order valence-electron chi connectivity index (χ0n) is 23.5. The van der Waals surface area contributed by atoms with Crippen LogP contribution in [-0.2, 0) is 22.6 Å². The smallest absolute Gasteiger partial charge is 0.243 e. The molecule has 218 valence electrons. The molecule has 0 spiro atoms. The summed E-state index contributed by atoms with van der Waals surface area (Å²) in [4.78, 5) is 29.4. The lowest BCUT2D eigenvalue weighted by molar-refractivity contribution is -0.141. The number of methoxy groups -OCH3 is 1. The maximum absolute atomic E-state index is 13.9. The first-order valence-electron chi connectivity index (χ1n) is 14.3. The third-order valence-electron chi connectivity index (χ3n) is 7.48. The summed E-state index contributed by atoms with van der Waals surface area (Å²) in [5.74, 6) is 1.15. The Morgan fingerprint density at radius 3 is 2.22 bits per heavy atom. The molecule has 8 heteroatoms. The van der Waals surface area contributed by atoms with Gasteiger partial charge in [0.05, 0.1) is 13.7 Å². The van der Waals surface area contributed by atoms with Gasteiger partial charge in [0.1, 0.15) is 17.5 Å². The van der Waals surface area contributed by atoms with Gasteiger partial charge in [-0.3, -0.25) is 9.59 Å². The van der Waals surface area contributed by atoms with Crippen LogP contribution in [0.1, 0.15) is 56.1 Å². The van der Waals surface area contributed by atoms with Crippen molar-refractivity contribution in [3.05, 3.63) is 94.0 Å². The predicted molar refractivity (Wildman–Crippen MR) is 164 cm³/mol. The maximum Gasteiger partial charge on any atom is 0.243 e. The molecule has 0 radical (unpaired) electrons. The second-order valence-corrected chi connectivity index (χ2v) is 11.2. The molecule has 1 aliphatic rings. The molecule has 0 bridgehead atoms. The largest absolute Gasteiger partial charge is 0.497 e. The molecule has 4 rings (SSSR count). The normalized spacial score (nSPS) is 14.2. The van der Waals surface area contributed by atoms with Crippen molar-refractivity contribution in [2.75, 3.05) is 13.7 Å². The van der Waals surface area contributed by atoms with E-state index in [0.717, 1.165) is 37.0 Å². The average molecular weight is 598 g/mol. The van der Waals surface area contributed by atoms with Gasteiger partial charge >= 0.3 is 0 Å². The summed E-state index contributed by atoms with van der Waals surface area (Å²) in [6, 6.07) is 21.8. The minimum Gasteiger partial charge on any atom is -0.497 e. The van der Waals surface area contributed by atoms with Crippen LogP contribution in [0.25, 0.3) is 0 Å². The first-order valence-corrected chi connectivity index (χ1v) is 15.0. The van der Waals surface area contributed by atoms with Gasteiger partial charge in [0.2, 0.25) is 11.8 Å². The zero-order chi connectivity index (χ0) is 29.0. The standard InChI is InChI=1S/C33H38Cl2N2O4/c1-40-26-17-19-27(20-18-26)41-21-9-16-32(38)37(23-28-29(34)14-8-15-30(28)35)31(22-24-10-4-2-5-11-24)33(39)36-25-12-6-3-7-13-25/h2,4-5,8,10-11,14-15,17-20,25,31H,3,6-7,9,12-13,16,21-23H2,1H3,(H,36,39)/t31-/m0/s1. The van der Waals surface area contributed by atoms with Crippen LogP contribution in [0, 0.1) is 0 Å². The van der Waals surface area contributed by atoms with E-state index in [-0.39, 0.29) is 30.8 Å². The SMILES string of the molecule is COc1ccc(OCCCC(=O)N(Cc2c(Cl)cccc2Cl)[C@@H](Cc2ccccc2)C(=O)NC2CCCCC2)cc1. The fourth-order valence-corrected chi connectivity index (χ4v) is 5.70. The zero-order valence-corrected chi connectivity index (χ0v) is 25.0. The Morgan fingerprint density at radius 2 is 1.56 bits per heavy atom. The molecular weight excluding hydrogens is 559 g/mol. The van der Waals surface area contributed by atoms with Crippen molar-refractivity contribution in [2.24, 2.45) is 0 Å². The highest BCUT2D eigenvalue weighted by molar-refractivity contribution is 6.36. The number of rotatable bonds is 13. The Balaban J connectivity index is 1.54. The van der Waals surface area contributed by atoms with E-state index in [9.17, 15) is 9.59 Å². The number of carbonyl (C=O) groups is 2. The van der Waals surface area contributed by atoms with E-state index in [1.165, 1.54) is 6.42 Å². The van der Waals surface area contributed by atoms with Gasteiger partial charge in [-0.15, -0.1) is 0 Å². The van der Waals surface area contributed by atoms with Gasteiger partial charge in [0.15, 0.2) is 0 Å². The van der Waals surface area contributed by atoms with Crippen LogP contribution in [0.5, 0.6) is 11.5 Å². The highest BCUT2D eigenvalue weighted by Crippen LogP contribution is 2.28. The molecule has 1 N–H and O–H groups in total. The number of hydrogen-bond donors (Lipinski definition) is 1. The third kappa shape index (κ3) is 9.14. The Labute approximate surface area is 252 Å². The molecule has 1 saturated carbocycles. The lowest BCUT2D eigenvalue weighted by atomic mass is 9.94. The van der Waals surface area contributed by atoms with Gasteiger partial charge in [-0.2, -0.15) is 0 Å². The highest BCUT2D eigenvalue weighted by atomic mass is 35.5. The first kappa shape index (κ1) is 30.7. The summed E-state index contributed by atoms with van der Waals surface area (Å²) in [7, 11) is 1.61. The van der Waals surface area contributed by atoms with Crippen LogP contribution in [0.3, 0.4) is 0 Å². The highest BCUT2D eigenvalue weighted by Gasteiger charge is 2.32. The van der Waals surface area contributed by atoms with Crippen LogP contribution in [0.4, 0.5) is 0 Å². The van der Waals surface area contributed by atoms with E-state index < -0.39 is 6.04 Å². The number of nitrogens with zero attached hydrogens (tertiary/aromatic N) is 1. The number of benzene rings is 3. The minimum atomic E-state index is -0.721. The summed E-state index contributed by atoms with van der Waals surface area (Å²) in [6.45, 7) is 0.489. The number of ether oxygens (including phenoxy) is 2. The molecule has 0 heterocycles. The van der Waals surface area contributed by atoms with Gasteiger partial charge < -0.3 is 19.7 Å². The summed E-state index contributed by atoms with van der Waals surface area (Å²) in [6.07, 6.45) is 6.37. The number of amides is 2. The fourth-order valence-electron chi connectivity index (χ4n) is 5.18. The molecule has 3 aromatic carbocycles. The molecule has 0 aliphatic heterocycles. The van der Waals surface area contributed by atoms with Crippen LogP contribution in [0.15, 0.2) is 72.8 Å². The molecule has 0 unspecified atom stereocenters. The molecule has 0 saturated heterocycles. The fraction of sp³-hybridized carbons (Fsp3) is 0.394. The Bertz CT molecular complexity index is 1240. The van der Waals surface area contributed by atoms with Gasteiger partial charge in [0.25, 0.3) is 0 Å². The Hall–Kier alpha value is -3.22. The van der Waals surface area contributed by atoms with E-state index in [4.69, 9.17) is 32.7 Å². The van der Waals surface area contributed by atoms with Crippen molar-refractivity contribution >= 4 is 35.0 Å². The van der Waals surface area contributed by atoms with Crippen molar-refractivity contribution in [1.29, 1.82) is 0 Å². The van der Waals surface area contributed by atoms with Gasteiger partial charge in [-0.05, 0) is 61.2 Å². The van der Waals surface area contributed by atoms with Crippen molar-refractivity contribution in [2.45, 2.75) is 70.0 Å². The quantitative estimate of drug-likeness (QED) is 0.211. The predicted octanol–water partition coefficient (Wildman–Crippen LogP) is 7.25. The maximum atomic E-state index is 13.9. The molecular formula is C33H38Cl2N2O4. The van der Waals surface area contributed by atoms with Crippen LogP contribution in [0.2, 0.25) is 10.0 Å². The summed E-state index contributed by atoms with van der Waals surface area (Å²) < 4.78 is 11.0. The lowest BCUT2D eigenvalue weighted by Crippen LogP contribution is -2.52. The molecule has 1 fully saturated rings. The monoisotopic (exact) mass is 596 g/mol. The van der Waals surface area contributed by atoms with E-state index in [1.807, 2.05) is 54.6 Å². The van der Waals surface area contributed by atoms with Crippen molar-refractivity contribution in [3.8, 4) is 11.5 Å². The molecule has 1 atom stereocenters. The third-order valence-corrected chi connectivity index (χ3v) is 8.18.